The average Bonchev–Trinajstić information content (AvgIpc) is 2.95. The van der Waals surface area contributed by atoms with Gasteiger partial charge in [0.15, 0.2) is 0 Å². The first-order valence-electron chi connectivity index (χ1n) is 12.9. The predicted molar refractivity (Wildman–Crippen MR) is 163 cm³/mol. The summed E-state index contributed by atoms with van der Waals surface area (Å²) in [4.78, 5) is 28.5. The molecular formula is C29H32Cl3N3O5S. The highest BCUT2D eigenvalue weighted by molar-refractivity contribution is 7.92. The Bertz CT molecular complexity index is 1470. The van der Waals surface area contributed by atoms with Gasteiger partial charge in [-0.3, -0.25) is 13.9 Å². The summed E-state index contributed by atoms with van der Waals surface area (Å²) in [5, 5.41) is 3.87. The molecule has 8 nitrogen and oxygen atoms in total. The molecule has 1 N–H and O–H groups in total. The van der Waals surface area contributed by atoms with Crippen LogP contribution in [0.15, 0.2) is 71.6 Å². The molecule has 3 aromatic carbocycles. The van der Waals surface area contributed by atoms with Gasteiger partial charge >= 0.3 is 0 Å². The Kier molecular flexibility index (Phi) is 11.7. The van der Waals surface area contributed by atoms with Crippen molar-refractivity contribution in [1.82, 2.24) is 10.2 Å². The third-order valence-corrected chi connectivity index (χ3v) is 8.92. The van der Waals surface area contributed by atoms with Crippen LogP contribution in [0.3, 0.4) is 0 Å². The molecule has 0 fully saturated rings. The van der Waals surface area contributed by atoms with Crippen LogP contribution in [0.2, 0.25) is 15.1 Å². The summed E-state index contributed by atoms with van der Waals surface area (Å²) in [5.74, 6) is -0.476. The number of methoxy groups -OCH3 is 1. The van der Waals surface area contributed by atoms with Crippen LogP contribution in [0.4, 0.5) is 5.69 Å². The summed E-state index contributed by atoms with van der Waals surface area (Å²) in [6, 6.07) is 16.0. The van der Waals surface area contributed by atoms with Crippen molar-refractivity contribution in [3.05, 3.63) is 87.4 Å². The van der Waals surface area contributed by atoms with Gasteiger partial charge in [0.25, 0.3) is 10.0 Å². The maximum atomic E-state index is 14.1. The van der Waals surface area contributed by atoms with Gasteiger partial charge in [-0.2, -0.15) is 0 Å². The van der Waals surface area contributed by atoms with Crippen LogP contribution >= 0.6 is 34.8 Å². The second kappa shape index (κ2) is 14.8. The molecule has 0 aliphatic rings. The van der Waals surface area contributed by atoms with Crippen LogP contribution in [0, 0.1) is 0 Å². The highest BCUT2D eigenvalue weighted by atomic mass is 35.5. The first-order chi connectivity index (χ1) is 19.5. The van der Waals surface area contributed by atoms with E-state index in [2.05, 4.69) is 5.32 Å². The number of ether oxygens (including phenoxy) is 1. The minimum absolute atomic E-state index is 0.0428. The minimum Gasteiger partial charge on any atom is -0.497 e. The van der Waals surface area contributed by atoms with Gasteiger partial charge in [0, 0.05) is 28.2 Å². The second-order valence-electron chi connectivity index (χ2n) is 9.14. The zero-order valence-corrected chi connectivity index (χ0v) is 26.0. The summed E-state index contributed by atoms with van der Waals surface area (Å²) < 4.78 is 34.0. The van der Waals surface area contributed by atoms with Crippen LogP contribution in [0.5, 0.6) is 5.75 Å². The number of nitrogens with one attached hydrogen (secondary N) is 1. The van der Waals surface area contributed by atoms with Crippen molar-refractivity contribution in [3.63, 3.8) is 0 Å². The van der Waals surface area contributed by atoms with Crippen molar-refractivity contribution in [2.24, 2.45) is 0 Å². The number of carbonyl (C=O) groups excluding carboxylic acids is 2. The Labute approximate surface area is 256 Å². The van der Waals surface area contributed by atoms with Gasteiger partial charge in [-0.25, -0.2) is 8.42 Å². The van der Waals surface area contributed by atoms with Crippen molar-refractivity contribution in [2.45, 2.75) is 44.2 Å². The smallest absolute Gasteiger partial charge is 0.264 e. The van der Waals surface area contributed by atoms with Gasteiger partial charge in [0.2, 0.25) is 11.8 Å². The van der Waals surface area contributed by atoms with Crippen molar-refractivity contribution in [3.8, 4) is 5.75 Å². The maximum Gasteiger partial charge on any atom is 0.264 e. The molecule has 0 saturated heterocycles. The van der Waals surface area contributed by atoms with Crippen molar-refractivity contribution in [2.75, 3.05) is 24.5 Å². The maximum absolute atomic E-state index is 14.1. The molecule has 41 heavy (non-hydrogen) atoms. The van der Waals surface area contributed by atoms with E-state index in [1.54, 1.807) is 43.3 Å². The van der Waals surface area contributed by atoms with Gasteiger partial charge in [-0.15, -0.1) is 0 Å². The second-order valence-corrected chi connectivity index (χ2v) is 12.3. The number of anilines is 1. The van der Waals surface area contributed by atoms with Crippen LogP contribution in [-0.2, 0) is 26.2 Å². The SMILES string of the molecule is CCCNC(=O)[C@@H](CC)N(Cc1ccc(Cl)cc1Cl)C(=O)CN(c1cccc(Cl)c1)S(=O)(=O)c1ccc(OC)cc1. The van der Waals surface area contributed by atoms with Crippen LogP contribution in [0.25, 0.3) is 0 Å². The molecular weight excluding hydrogens is 609 g/mol. The van der Waals surface area contributed by atoms with Crippen molar-refractivity contribution < 1.29 is 22.7 Å². The Morgan fingerprint density at radius 3 is 2.22 bits per heavy atom. The molecule has 0 unspecified atom stereocenters. The lowest BCUT2D eigenvalue weighted by Crippen LogP contribution is -2.52. The quantitative estimate of drug-likeness (QED) is 0.241. The van der Waals surface area contributed by atoms with E-state index < -0.39 is 28.5 Å². The van der Waals surface area contributed by atoms with Gasteiger partial charge in [-0.1, -0.05) is 60.8 Å². The number of amides is 2. The minimum atomic E-state index is -4.25. The lowest BCUT2D eigenvalue weighted by atomic mass is 10.1. The van der Waals surface area contributed by atoms with E-state index in [9.17, 15) is 18.0 Å². The normalized spacial score (nSPS) is 12.0. The molecule has 2 amide bonds. The Morgan fingerprint density at radius 1 is 0.951 bits per heavy atom. The average molecular weight is 641 g/mol. The molecule has 220 valence electrons. The topological polar surface area (TPSA) is 96.0 Å². The number of benzene rings is 3. The van der Waals surface area contributed by atoms with E-state index in [0.29, 0.717) is 39.3 Å². The molecule has 0 aliphatic carbocycles. The van der Waals surface area contributed by atoms with Crippen molar-refractivity contribution in [1.29, 1.82) is 0 Å². The lowest BCUT2D eigenvalue weighted by Gasteiger charge is -2.33. The standard InChI is InChI=1S/C29H32Cl3N3O5S/c1-4-15-33-29(37)27(5-2)34(18-20-9-10-22(31)17-26(20)32)28(36)19-35(23-8-6-7-21(30)16-23)41(38,39)25-13-11-24(40-3)12-14-25/h6-14,16-17,27H,4-5,15,18-19H2,1-3H3,(H,33,37)/t27-/m1/s1. The fourth-order valence-corrected chi connectivity index (χ4v) is 6.21. The van der Waals surface area contributed by atoms with E-state index >= 15 is 0 Å². The number of halogens is 3. The molecule has 1 atom stereocenters. The van der Waals surface area contributed by atoms with Crippen LogP contribution in [0.1, 0.15) is 32.3 Å². The monoisotopic (exact) mass is 639 g/mol. The Morgan fingerprint density at radius 2 is 1.63 bits per heavy atom. The molecule has 12 heteroatoms. The van der Waals surface area contributed by atoms with Crippen molar-refractivity contribution >= 4 is 62.3 Å². The molecule has 0 saturated carbocycles. The van der Waals surface area contributed by atoms with Gasteiger partial charge in [0.05, 0.1) is 17.7 Å². The fraction of sp³-hybridized carbons (Fsp3) is 0.310. The summed E-state index contributed by atoms with van der Waals surface area (Å²) in [5.41, 5.74) is 0.744. The molecule has 3 rings (SSSR count). The molecule has 0 spiro atoms. The summed E-state index contributed by atoms with van der Waals surface area (Å²) in [7, 11) is -2.78. The third-order valence-electron chi connectivity index (χ3n) is 6.31. The predicted octanol–water partition coefficient (Wildman–Crippen LogP) is 6.18. The highest BCUT2D eigenvalue weighted by Gasteiger charge is 2.34. The summed E-state index contributed by atoms with van der Waals surface area (Å²) in [6.45, 7) is 3.49. The molecule has 0 bridgehead atoms. The number of sulfonamides is 1. The zero-order valence-electron chi connectivity index (χ0n) is 22.9. The van der Waals surface area contributed by atoms with E-state index in [0.717, 1.165) is 4.31 Å². The number of hydrogen-bond donors (Lipinski definition) is 1. The highest BCUT2D eigenvalue weighted by Crippen LogP contribution is 2.29. The number of carbonyl (C=O) groups is 2. The number of nitrogens with zero attached hydrogens (tertiary/aromatic N) is 2. The third kappa shape index (κ3) is 8.29. The first kappa shape index (κ1) is 32.5. The molecule has 3 aromatic rings. The fourth-order valence-electron chi connectivity index (χ4n) is 4.15. The summed E-state index contributed by atoms with van der Waals surface area (Å²) in [6.07, 6.45) is 0.997. The lowest BCUT2D eigenvalue weighted by molar-refractivity contribution is -0.140. The zero-order chi connectivity index (χ0) is 30.2. The number of hydrogen-bond acceptors (Lipinski definition) is 5. The van der Waals surface area contributed by atoms with Gasteiger partial charge in [-0.05, 0) is 73.0 Å². The Hall–Kier alpha value is -2.98. The van der Waals surface area contributed by atoms with E-state index in [1.807, 2.05) is 6.92 Å². The molecule has 0 aliphatic heterocycles. The van der Waals surface area contributed by atoms with E-state index in [4.69, 9.17) is 39.5 Å². The van der Waals surface area contributed by atoms with E-state index in [-0.39, 0.29) is 29.5 Å². The van der Waals surface area contributed by atoms with E-state index in [1.165, 1.54) is 42.3 Å². The van der Waals surface area contributed by atoms with Crippen LogP contribution < -0.4 is 14.4 Å². The molecule has 0 radical (unpaired) electrons. The largest absolute Gasteiger partial charge is 0.497 e. The summed E-state index contributed by atoms with van der Waals surface area (Å²) >= 11 is 18.7. The molecule has 0 aromatic heterocycles. The number of rotatable bonds is 13. The Balaban J connectivity index is 2.07. The first-order valence-corrected chi connectivity index (χ1v) is 15.5. The van der Waals surface area contributed by atoms with Gasteiger partial charge < -0.3 is 15.0 Å². The van der Waals surface area contributed by atoms with Crippen LogP contribution in [-0.4, -0.2) is 51.4 Å². The molecule has 0 heterocycles. The van der Waals surface area contributed by atoms with Gasteiger partial charge in [0.1, 0.15) is 18.3 Å².